The third-order valence-electron chi connectivity index (χ3n) is 1.51. The molecule has 1 aliphatic rings. The topological polar surface area (TPSA) is 9.23 Å². The minimum Gasteiger partial charge on any atom is -0.373 e. The highest BCUT2D eigenvalue weighted by Gasteiger charge is 1.91. The lowest BCUT2D eigenvalue weighted by atomic mass is 10.2. The molecule has 1 heterocycles. The van der Waals surface area contributed by atoms with Crippen LogP contribution in [0.2, 0.25) is 0 Å². The predicted molar refractivity (Wildman–Crippen MR) is 47.5 cm³/mol. The second-order valence-electron chi connectivity index (χ2n) is 2.84. The van der Waals surface area contributed by atoms with Gasteiger partial charge in [-0.25, -0.2) is 0 Å². The maximum Gasteiger partial charge on any atom is 0.0681 e. The fourth-order valence-corrected chi connectivity index (χ4v) is 1.04. The minimum atomic E-state index is 0.717. The van der Waals surface area contributed by atoms with Crippen LogP contribution in [0.1, 0.15) is 13.8 Å². The van der Waals surface area contributed by atoms with E-state index in [2.05, 4.69) is 26.0 Å². The Morgan fingerprint density at radius 2 is 2.18 bits per heavy atom. The maximum absolute atomic E-state index is 5.33. The van der Waals surface area contributed by atoms with E-state index in [9.17, 15) is 0 Å². The zero-order chi connectivity index (χ0) is 8.10. The molecule has 60 valence electrons. The van der Waals surface area contributed by atoms with Crippen molar-refractivity contribution in [2.45, 2.75) is 13.8 Å². The summed E-state index contributed by atoms with van der Waals surface area (Å²) in [6.45, 7) is 5.65. The first-order valence-corrected chi connectivity index (χ1v) is 3.87. The molecule has 0 aromatic heterocycles. The molecule has 0 amide bonds. The number of rotatable bonds is 0. The summed E-state index contributed by atoms with van der Waals surface area (Å²) in [5, 5.41) is 0. The van der Waals surface area contributed by atoms with E-state index in [4.69, 9.17) is 4.74 Å². The van der Waals surface area contributed by atoms with Crippen molar-refractivity contribution in [3.63, 3.8) is 0 Å². The number of hydrogen-bond donors (Lipinski definition) is 0. The molecule has 0 aromatic carbocycles. The van der Waals surface area contributed by atoms with Gasteiger partial charge in [0, 0.05) is 0 Å². The zero-order valence-electron chi connectivity index (χ0n) is 7.13. The third kappa shape index (κ3) is 3.19. The second-order valence-corrected chi connectivity index (χ2v) is 2.84. The van der Waals surface area contributed by atoms with Crippen LogP contribution in [-0.2, 0) is 4.74 Å². The lowest BCUT2D eigenvalue weighted by molar-refractivity contribution is 0.187. The maximum atomic E-state index is 5.33. The van der Waals surface area contributed by atoms with Gasteiger partial charge in [0.25, 0.3) is 0 Å². The van der Waals surface area contributed by atoms with Crippen molar-refractivity contribution in [1.82, 2.24) is 0 Å². The highest BCUT2D eigenvalue weighted by Crippen LogP contribution is 2.04. The quantitative estimate of drug-likeness (QED) is 0.515. The van der Waals surface area contributed by atoms with Crippen molar-refractivity contribution < 1.29 is 4.74 Å². The molecule has 0 bridgehead atoms. The Labute approximate surface area is 68.1 Å². The summed E-state index contributed by atoms with van der Waals surface area (Å²) in [7, 11) is 0. The summed E-state index contributed by atoms with van der Waals surface area (Å²) >= 11 is 0. The Morgan fingerprint density at radius 3 is 3.00 bits per heavy atom. The summed E-state index contributed by atoms with van der Waals surface area (Å²) in [5.41, 5.74) is 2.56. The molecular formula is C10H14O. The van der Waals surface area contributed by atoms with Gasteiger partial charge in [-0.3, -0.25) is 0 Å². The molecule has 0 aliphatic carbocycles. The second kappa shape index (κ2) is 4.14. The molecule has 0 saturated carbocycles. The van der Waals surface area contributed by atoms with Gasteiger partial charge in [0.15, 0.2) is 0 Å². The molecule has 0 saturated heterocycles. The van der Waals surface area contributed by atoms with Gasteiger partial charge < -0.3 is 4.74 Å². The van der Waals surface area contributed by atoms with E-state index in [0.717, 1.165) is 13.2 Å². The highest BCUT2D eigenvalue weighted by molar-refractivity contribution is 5.25. The SMILES string of the molecule is CC1=C/C=C/COCC(C)=C1. The van der Waals surface area contributed by atoms with Gasteiger partial charge >= 0.3 is 0 Å². The molecule has 0 radical (unpaired) electrons. The first-order chi connectivity index (χ1) is 5.29. The molecule has 0 fully saturated rings. The lowest BCUT2D eigenvalue weighted by Gasteiger charge is -1.99. The van der Waals surface area contributed by atoms with Gasteiger partial charge in [-0.05, 0) is 19.4 Å². The van der Waals surface area contributed by atoms with Gasteiger partial charge in [0.05, 0.1) is 13.2 Å². The normalized spacial score (nSPS) is 22.4. The van der Waals surface area contributed by atoms with Crippen LogP contribution < -0.4 is 0 Å². The molecule has 0 aromatic rings. The summed E-state index contributed by atoms with van der Waals surface area (Å²) in [6, 6.07) is 0. The minimum absolute atomic E-state index is 0.717. The van der Waals surface area contributed by atoms with E-state index in [1.54, 1.807) is 0 Å². The summed E-state index contributed by atoms with van der Waals surface area (Å²) in [5.74, 6) is 0. The fraction of sp³-hybridized carbons (Fsp3) is 0.400. The van der Waals surface area contributed by atoms with Gasteiger partial charge in [-0.15, -0.1) is 0 Å². The summed E-state index contributed by atoms with van der Waals surface area (Å²) in [6.07, 6.45) is 8.30. The van der Waals surface area contributed by atoms with Gasteiger partial charge in [-0.1, -0.05) is 29.9 Å². The van der Waals surface area contributed by atoms with Crippen molar-refractivity contribution in [2.24, 2.45) is 0 Å². The molecule has 0 unspecified atom stereocenters. The molecule has 0 spiro atoms. The van der Waals surface area contributed by atoms with Crippen molar-refractivity contribution in [3.05, 3.63) is 35.5 Å². The van der Waals surface area contributed by atoms with Crippen LogP contribution >= 0.6 is 0 Å². The Balaban J connectivity index is 2.73. The Hall–Kier alpha value is -0.820. The van der Waals surface area contributed by atoms with Crippen molar-refractivity contribution in [2.75, 3.05) is 13.2 Å². The van der Waals surface area contributed by atoms with Crippen LogP contribution in [0.3, 0.4) is 0 Å². The standard InChI is InChI=1S/C10H14O/c1-9-5-3-4-6-11-8-10(2)7-9/h3-5,7H,6,8H2,1-2H3/b4-3+,9-5?,10-7?. The van der Waals surface area contributed by atoms with Crippen LogP contribution in [0.4, 0.5) is 0 Å². The third-order valence-corrected chi connectivity index (χ3v) is 1.51. The van der Waals surface area contributed by atoms with E-state index in [1.165, 1.54) is 11.1 Å². The molecule has 1 heteroatoms. The number of hydrogen-bond acceptors (Lipinski definition) is 1. The Kier molecular flexibility index (Phi) is 3.12. The van der Waals surface area contributed by atoms with Crippen LogP contribution in [0.15, 0.2) is 35.5 Å². The molecule has 1 rings (SSSR count). The average Bonchev–Trinajstić information content (AvgIpc) is 2.02. The van der Waals surface area contributed by atoms with Crippen LogP contribution in [-0.4, -0.2) is 13.2 Å². The summed E-state index contributed by atoms with van der Waals surface area (Å²) in [4.78, 5) is 0. The van der Waals surface area contributed by atoms with E-state index in [0.29, 0.717) is 0 Å². The first kappa shape index (κ1) is 8.28. The van der Waals surface area contributed by atoms with Gasteiger partial charge in [0.1, 0.15) is 0 Å². The average molecular weight is 150 g/mol. The van der Waals surface area contributed by atoms with Crippen LogP contribution in [0, 0.1) is 0 Å². The molecule has 0 atom stereocenters. The Bertz CT molecular complexity index is 209. The van der Waals surface area contributed by atoms with Gasteiger partial charge in [-0.2, -0.15) is 0 Å². The van der Waals surface area contributed by atoms with E-state index in [-0.39, 0.29) is 0 Å². The van der Waals surface area contributed by atoms with Crippen LogP contribution in [0.5, 0.6) is 0 Å². The zero-order valence-corrected chi connectivity index (χ0v) is 7.13. The number of allylic oxidation sites excluding steroid dienone is 4. The first-order valence-electron chi connectivity index (χ1n) is 3.87. The molecule has 1 nitrogen and oxygen atoms in total. The van der Waals surface area contributed by atoms with E-state index in [1.807, 2.05) is 12.2 Å². The fourth-order valence-electron chi connectivity index (χ4n) is 1.04. The lowest BCUT2D eigenvalue weighted by Crippen LogP contribution is -1.94. The largest absolute Gasteiger partial charge is 0.373 e. The molecule has 0 N–H and O–H groups in total. The smallest absolute Gasteiger partial charge is 0.0681 e. The highest BCUT2D eigenvalue weighted by atomic mass is 16.5. The van der Waals surface area contributed by atoms with Crippen molar-refractivity contribution in [1.29, 1.82) is 0 Å². The molecule has 1 aliphatic heterocycles. The molecular weight excluding hydrogens is 136 g/mol. The van der Waals surface area contributed by atoms with Crippen molar-refractivity contribution in [3.8, 4) is 0 Å². The van der Waals surface area contributed by atoms with Crippen molar-refractivity contribution >= 4 is 0 Å². The van der Waals surface area contributed by atoms with Crippen LogP contribution in [0.25, 0.3) is 0 Å². The van der Waals surface area contributed by atoms with E-state index >= 15 is 0 Å². The molecule has 11 heavy (non-hydrogen) atoms. The van der Waals surface area contributed by atoms with E-state index < -0.39 is 0 Å². The summed E-state index contributed by atoms with van der Waals surface area (Å²) < 4.78 is 5.33. The number of ether oxygens (including phenoxy) is 1. The predicted octanol–water partition coefficient (Wildman–Crippen LogP) is 2.47. The Morgan fingerprint density at radius 1 is 1.36 bits per heavy atom. The van der Waals surface area contributed by atoms with Gasteiger partial charge in [0.2, 0.25) is 0 Å². The monoisotopic (exact) mass is 150 g/mol.